The average Bonchev–Trinajstić information content (AvgIpc) is 3.03. The Labute approximate surface area is 160 Å². The number of para-hydroxylation sites is 1. The molecule has 4 rings (SSSR count). The molecule has 2 bridgehead atoms. The van der Waals surface area contributed by atoms with Crippen molar-refractivity contribution in [2.75, 3.05) is 19.1 Å². The summed E-state index contributed by atoms with van der Waals surface area (Å²) in [7, 11) is 2.45. The van der Waals surface area contributed by atoms with E-state index in [2.05, 4.69) is 0 Å². The number of hydrogen-bond acceptors (Lipinski definition) is 6. The van der Waals surface area contributed by atoms with Crippen LogP contribution in [0.2, 0.25) is 0 Å². The van der Waals surface area contributed by atoms with E-state index >= 15 is 0 Å². The zero-order valence-corrected chi connectivity index (χ0v) is 15.3. The number of fused-ring (bicyclic) bond motifs is 4. The summed E-state index contributed by atoms with van der Waals surface area (Å²) in [5.41, 5.74) is 1.36. The number of ether oxygens (including phenoxy) is 2. The second-order valence-electron chi connectivity index (χ2n) is 6.83. The first-order valence-corrected chi connectivity index (χ1v) is 8.82. The molecule has 2 aliphatic heterocycles. The van der Waals surface area contributed by atoms with E-state index in [0.29, 0.717) is 11.3 Å². The Bertz CT molecular complexity index is 961. The molecule has 2 aliphatic rings. The number of halogens is 1. The Morgan fingerprint density at radius 2 is 1.54 bits per heavy atom. The quantitative estimate of drug-likeness (QED) is 0.759. The van der Waals surface area contributed by atoms with E-state index in [4.69, 9.17) is 9.47 Å². The van der Waals surface area contributed by atoms with E-state index in [1.165, 1.54) is 26.4 Å². The van der Waals surface area contributed by atoms with E-state index in [9.17, 15) is 18.8 Å². The zero-order valence-electron chi connectivity index (χ0n) is 15.3. The van der Waals surface area contributed by atoms with Crippen molar-refractivity contribution < 1.29 is 28.2 Å². The predicted molar refractivity (Wildman–Crippen MR) is 97.2 cm³/mol. The van der Waals surface area contributed by atoms with Gasteiger partial charge in [-0.05, 0) is 29.8 Å². The fraction of sp³-hybridized carbons (Fsp3) is 0.286. The summed E-state index contributed by atoms with van der Waals surface area (Å²) in [6, 6.07) is 11.3. The van der Waals surface area contributed by atoms with Gasteiger partial charge in [-0.1, -0.05) is 24.3 Å². The molecule has 1 fully saturated rings. The molecule has 2 heterocycles. The molecule has 0 amide bonds. The number of carbonyl (C=O) groups excluding carboxylic acids is 3. The normalized spacial score (nSPS) is 25.2. The van der Waals surface area contributed by atoms with Crippen molar-refractivity contribution in [1.29, 1.82) is 0 Å². The molecule has 1 saturated heterocycles. The van der Waals surface area contributed by atoms with Crippen LogP contribution in [0.5, 0.6) is 0 Å². The number of Topliss-reactive ketones (excluding diaryl/α,β-unsaturated/α-hetero) is 1. The molecular weight excluding hydrogens is 365 g/mol. The second-order valence-corrected chi connectivity index (χ2v) is 6.83. The molecule has 0 spiro atoms. The molecule has 4 atom stereocenters. The first-order chi connectivity index (χ1) is 13.5. The monoisotopic (exact) mass is 383 g/mol. The highest BCUT2D eigenvalue weighted by Gasteiger charge is 2.62. The summed E-state index contributed by atoms with van der Waals surface area (Å²) < 4.78 is 23.7. The molecule has 0 aliphatic carbocycles. The smallest absolute Gasteiger partial charge is 0.312 e. The number of methoxy groups -OCH3 is 2. The Balaban J connectivity index is 1.99. The maximum atomic E-state index is 13.9. The highest BCUT2D eigenvalue weighted by Crippen LogP contribution is 2.53. The summed E-state index contributed by atoms with van der Waals surface area (Å²) >= 11 is 0. The summed E-state index contributed by atoms with van der Waals surface area (Å²) in [5, 5.41) is 0. The van der Waals surface area contributed by atoms with Gasteiger partial charge in [-0.3, -0.25) is 14.4 Å². The number of carbonyl (C=O) groups is 3. The van der Waals surface area contributed by atoms with Gasteiger partial charge < -0.3 is 14.4 Å². The van der Waals surface area contributed by atoms with Gasteiger partial charge >= 0.3 is 11.9 Å². The van der Waals surface area contributed by atoms with Gasteiger partial charge in [0.05, 0.1) is 26.2 Å². The molecule has 2 aromatic carbocycles. The Hall–Kier alpha value is -3.22. The van der Waals surface area contributed by atoms with Crippen LogP contribution in [0.4, 0.5) is 10.1 Å². The minimum atomic E-state index is -1.06. The molecule has 6 nitrogen and oxygen atoms in total. The summed E-state index contributed by atoms with van der Waals surface area (Å²) in [6.07, 6.45) is 0. The number of hydrogen-bond donors (Lipinski definition) is 0. The SMILES string of the molecule is COC(=O)[C@H]1[C@H](C(=O)OC)[C@H]2c3ccc(F)cc3C(=O)[C@H]1N2c1ccccc1. The topological polar surface area (TPSA) is 72.9 Å². The molecule has 28 heavy (non-hydrogen) atoms. The zero-order chi connectivity index (χ0) is 20.0. The van der Waals surface area contributed by atoms with Crippen LogP contribution in [0.3, 0.4) is 0 Å². The van der Waals surface area contributed by atoms with Crippen LogP contribution in [-0.4, -0.2) is 38.0 Å². The highest BCUT2D eigenvalue weighted by atomic mass is 19.1. The fourth-order valence-corrected chi connectivity index (χ4v) is 4.45. The van der Waals surface area contributed by atoms with Crippen molar-refractivity contribution in [3.63, 3.8) is 0 Å². The van der Waals surface area contributed by atoms with Crippen molar-refractivity contribution in [2.24, 2.45) is 11.8 Å². The molecule has 0 aromatic heterocycles. The molecule has 0 unspecified atom stereocenters. The lowest BCUT2D eigenvalue weighted by molar-refractivity contribution is -0.156. The first-order valence-electron chi connectivity index (χ1n) is 8.82. The van der Waals surface area contributed by atoms with E-state index in [-0.39, 0.29) is 5.56 Å². The number of rotatable bonds is 3. The Kier molecular flexibility index (Phi) is 4.37. The lowest BCUT2D eigenvalue weighted by Gasteiger charge is -2.38. The van der Waals surface area contributed by atoms with Crippen LogP contribution in [0.25, 0.3) is 0 Å². The van der Waals surface area contributed by atoms with Gasteiger partial charge in [-0.2, -0.15) is 0 Å². The van der Waals surface area contributed by atoms with Crippen LogP contribution in [0.15, 0.2) is 48.5 Å². The third-order valence-electron chi connectivity index (χ3n) is 5.54. The van der Waals surface area contributed by atoms with Crippen LogP contribution in [0.1, 0.15) is 22.0 Å². The molecule has 0 radical (unpaired) electrons. The highest BCUT2D eigenvalue weighted by molar-refractivity contribution is 6.10. The van der Waals surface area contributed by atoms with E-state index in [1.54, 1.807) is 29.2 Å². The lowest BCUT2D eigenvalue weighted by atomic mass is 9.86. The number of ketones is 1. The minimum absolute atomic E-state index is 0.183. The molecule has 144 valence electrons. The van der Waals surface area contributed by atoms with Crippen LogP contribution >= 0.6 is 0 Å². The number of benzene rings is 2. The van der Waals surface area contributed by atoms with Crippen molar-refractivity contribution in [3.05, 3.63) is 65.5 Å². The maximum absolute atomic E-state index is 13.9. The fourth-order valence-electron chi connectivity index (χ4n) is 4.45. The second kappa shape index (κ2) is 6.74. The number of anilines is 1. The molecule has 2 aromatic rings. The van der Waals surface area contributed by atoms with Crippen LogP contribution < -0.4 is 4.90 Å². The van der Waals surface area contributed by atoms with Crippen molar-refractivity contribution in [1.82, 2.24) is 0 Å². The molecule has 7 heteroatoms. The summed E-state index contributed by atoms with van der Waals surface area (Å²) in [6.45, 7) is 0. The van der Waals surface area contributed by atoms with Crippen molar-refractivity contribution in [2.45, 2.75) is 12.1 Å². The van der Waals surface area contributed by atoms with Crippen LogP contribution in [-0.2, 0) is 19.1 Å². The summed E-state index contributed by atoms with van der Waals surface area (Å²) in [4.78, 5) is 40.4. The standard InChI is InChI=1S/C21H18FNO5/c1-27-20(25)15-16(21(26)28-2)18-19(24)14-10-11(22)8-9-13(14)17(15)23(18)12-6-4-3-5-7-12/h3-10,15-18H,1-2H3/t15-,16-,17+,18-/m0/s1. The largest absolute Gasteiger partial charge is 0.469 e. The number of esters is 2. The average molecular weight is 383 g/mol. The Morgan fingerprint density at radius 3 is 2.14 bits per heavy atom. The van der Waals surface area contributed by atoms with Gasteiger partial charge in [0.25, 0.3) is 0 Å². The van der Waals surface area contributed by atoms with Gasteiger partial charge in [0.1, 0.15) is 17.8 Å². The van der Waals surface area contributed by atoms with Crippen molar-refractivity contribution >= 4 is 23.4 Å². The van der Waals surface area contributed by atoms with Gasteiger partial charge in [0.2, 0.25) is 0 Å². The van der Waals surface area contributed by atoms with Gasteiger partial charge in [-0.15, -0.1) is 0 Å². The first kappa shape index (κ1) is 18.2. The summed E-state index contributed by atoms with van der Waals surface area (Å²) in [5.74, 6) is -4.29. The molecular formula is C21H18FNO5. The Morgan fingerprint density at radius 1 is 0.929 bits per heavy atom. The molecule has 0 saturated carbocycles. The third kappa shape index (κ3) is 2.50. The van der Waals surface area contributed by atoms with Gasteiger partial charge in [0.15, 0.2) is 5.78 Å². The van der Waals surface area contributed by atoms with Crippen LogP contribution in [0, 0.1) is 17.7 Å². The van der Waals surface area contributed by atoms with E-state index in [1.807, 2.05) is 6.07 Å². The van der Waals surface area contributed by atoms with Crippen molar-refractivity contribution in [3.8, 4) is 0 Å². The van der Waals surface area contributed by atoms with E-state index < -0.39 is 47.5 Å². The third-order valence-corrected chi connectivity index (χ3v) is 5.54. The lowest BCUT2D eigenvalue weighted by Crippen LogP contribution is -2.46. The van der Waals surface area contributed by atoms with Gasteiger partial charge in [-0.25, -0.2) is 4.39 Å². The minimum Gasteiger partial charge on any atom is -0.469 e. The molecule has 0 N–H and O–H groups in total. The van der Waals surface area contributed by atoms with E-state index in [0.717, 1.165) is 6.07 Å². The van der Waals surface area contributed by atoms with Gasteiger partial charge in [0, 0.05) is 11.3 Å². The number of nitrogens with zero attached hydrogens (tertiary/aromatic N) is 1. The predicted octanol–water partition coefficient (Wildman–Crippen LogP) is 2.53. The maximum Gasteiger partial charge on any atom is 0.312 e.